The number of nitrogens with two attached hydrogens (primary N) is 1. The molecular weight excluding hydrogens is 381 g/mol. The van der Waals surface area contributed by atoms with Gasteiger partial charge >= 0.3 is 12.3 Å². The zero-order valence-corrected chi connectivity index (χ0v) is 14.5. The molecule has 2 aromatic rings. The van der Waals surface area contributed by atoms with E-state index in [2.05, 4.69) is 20.0 Å². The Labute approximate surface area is 157 Å². The molecular formula is C17H17F3N4O4. The van der Waals surface area contributed by atoms with Crippen molar-refractivity contribution in [3.05, 3.63) is 36.0 Å². The average molecular weight is 398 g/mol. The number of alkyl halides is 3. The van der Waals surface area contributed by atoms with E-state index in [1.165, 1.54) is 24.3 Å². The molecule has 1 saturated heterocycles. The summed E-state index contributed by atoms with van der Waals surface area (Å²) in [4.78, 5) is 18.4. The highest BCUT2D eigenvalue weighted by Crippen LogP contribution is 2.37. The summed E-state index contributed by atoms with van der Waals surface area (Å²) >= 11 is 0. The first kappa shape index (κ1) is 19.7. The molecule has 0 saturated carbocycles. The maximum Gasteiger partial charge on any atom is 0.423 e. The van der Waals surface area contributed by atoms with Gasteiger partial charge in [0.2, 0.25) is 11.8 Å². The van der Waals surface area contributed by atoms with Crippen molar-refractivity contribution < 1.29 is 32.2 Å². The Bertz CT molecular complexity index is 824. The topological polar surface area (TPSA) is 109 Å². The second-order valence-electron chi connectivity index (χ2n) is 5.94. The Morgan fingerprint density at radius 3 is 2.43 bits per heavy atom. The largest absolute Gasteiger partial charge is 0.438 e. The van der Waals surface area contributed by atoms with Crippen molar-refractivity contribution in [2.45, 2.75) is 25.1 Å². The summed E-state index contributed by atoms with van der Waals surface area (Å²) in [6.07, 6.45) is -3.63. The molecule has 0 unspecified atom stereocenters. The predicted molar refractivity (Wildman–Crippen MR) is 91.2 cm³/mol. The fraction of sp³-hybridized carbons (Fsp3) is 0.353. The van der Waals surface area contributed by atoms with Gasteiger partial charge in [-0.3, -0.25) is 0 Å². The van der Waals surface area contributed by atoms with Crippen molar-refractivity contribution in [2.75, 3.05) is 18.5 Å². The number of ether oxygens (including phenoxy) is 3. The molecule has 28 heavy (non-hydrogen) atoms. The number of hydrogen-bond acceptors (Lipinski definition) is 7. The van der Waals surface area contributed by atoms with E-state index in [9.17, 15) is 18.0 Å². The lowest BCUT2D eigenvalue weighted by Crippen LogP contribution is -2.28. The number of halogens is 3. The summed E-state index contributed by atoms with van der Waals surface area (Å²) in [7, 11) is 0. The van der Waals surface area contributed by atoms with Crippen molar-refractivity contribution in [3.63, 3.8) is 0 Å². The fourth-order valence-corrected chi connectivity index (χ4v) is 2.54. The molecule has 0 atom stereocenters. The first-order valence-corrected chi connectivity index (χ1v) is 8.35. The molecule has 3 rings (SSSR count). The molecule has 2 heterocycles. The third-order valence-corrected chi connectivity index (χ3v) is 3.87. The van der Waals surface area contributed by atoms with E-state index >= 15 is 0 Å². The fourth-order valence-electron chi connectivity index (χ4n) is 2.54. The van der Waals surface area contributed by atoms with E-state index < -0.39 is 23.7 Å². The van der Waals surface area contributed by atoms with Crippen LogP contribution < -0.4 is 20.5 Å². The maximum atomic E-state index is 13.3. The van der Waals surface area contributed by atoms with Crippen molar-refractivity contribution in [2.24, 2.45) is 5.73 Å². The van der Waals surface area contributed by atoms with Crippen LogP contribution in [0.5, 0.6) is 17.4 Å². The molecule has 1 amide bonds. The quantitative estimate of drug-likeness (QED) is 0.795. The number of anilines is 1. The van der Waals surface area contributed by atoms with Crippen molar-refractivity contribution in [1.82, 2.24) is 9.97 Å². The molecule has 1 aromatic heterocycles. The minimum absolute atomic E-state index is 0.00330. The third-order valence-electron chi connectivity index (χ3n) is 3.87. The minimum atomic E-state index is -4.69. The Hall–Kier alpha value is -3.08. The van der Waals surface area contributed by atoms with Crippen LogP contribution in [0, 0.1) is 0 Å². The molecule has 1 aromatic carbocycles. The molecule has 150 valence electrons. The van der Waals surface area contributed by atoms with Gasteiger partial charge in [0, 0.05) is 25.5 Å². The predicted octanol–water partition coefficient (Wildman–Crippen LogP) is 3.34. The summed E-state index contributed by atoms with van der Waals surface area (Å²) in [5, 5.41) is 3.00. The normalized spacial score (nSPS) is 15.1. The molecule has 0 aliphatic carbocycles. The Morgan fingerprint density at radius 2 is 1.82 bits per heavy atom. The standard InChI is InChI=1S/C17H17F3N4O4/c18-17(19,20)13-9-22-16(23-10-5-7-26-8-6-10)24-14(13)27-11-1-3-12(4-2-11)28-15(21)25/h1-4,9-10H,5-8H2,(H2,21,25)(H,22,23,24). The summed E-state index contributed by atoms with van der Waals surface area (Å²) in [5.41, 5.74) is 3.79. The average Bonchev–Trinajstić information content (AvgIpc) is 2.63. The van der Waals surface area contributed by atoms with E-state index in [4.69, 9.17) is 15.2 Å². The van der Waals surface area contributed by atoms with Crippen LogP contribution in [0.25, 0.3) is 0 Å². The third kappa shape index (κ3) is 5.22. The van der Waals surface area contributed by atoms with E-state index in [0.29, 0.717) is 32.3 Å². The van der Waals surface area contributed by atoms with Crippen LogP contribution in [0.1, 0.15) is 18.4 Å². The number of nitrogens with zero attached hydrogens (tertiary/aromatic N) is 2. The SMILES string of the molecule is NC(=O)Oc1ccc(Oc2nc(NC3CCOCC3)ncc2C(F)(F)F)cc1. The first-order chi connectivity index (χ1) is 13.3. The lowest BCUT2D eigenvalue weighted by Gasteiger charge is -2.23. The first-order valence-electron chi connectivity index (χ1n) is 8.35. The van der Waals surface area contributed by atoms with Crippen molar-refractivity contribution >= 4 is 12.0 Å². The Morgan fingerprint density at radius 1 is 1.18 bits per heavy atom. The van der Waals surface area contributed by atoms with Gasteiger partial charge < -0.3 is 25.3 Å². The number of primary amides is 1. The van der Waals surface area contributed by atoms with E-state index in [-0.39, 0.29) is 23.5 Å². The molecule has 1 aliphatic heterocycles. The van der Waals surface area contributed by atoms with Gasteiger partial charge in [-0.1, -0.05) is 0 Å². The zero-order valence-electron chi connectivity index (χ0n) is 14.5. The van der Waals surface area contributed by atoms with Crippen molar-refractivity contribution in [1.29, 1.82) is 0 Å². The van der Waals surface area contributed by atoms with Crippen LogP contribution in [0.3, 0.4) is 0 Å². The van der Waals surface area contributed by atoms with Gasteiger partial charge in [-0.25, -0.2) is 9.78 Å². The Balaban J connectivity index is 1.81. The second kappa shape index (κ2) is 8.30. The van der Waals surface area contributed by atoms with Gasteiger partial charge in [0.05, 0.1) is 0 Å². The van der Waals surface area contributed by atoms with Gasteiger partial charge in [0.15, 0.2) is 0 Å². The van der Waals surface area contributed by atoms with E-state index in [1.807, 2.05) is 0 Å². The molecule has 0 bridgehead atoms. The summed E-state index contributed by atoms with van der Waals surface area (Å²) in [6, 6.07) is 5.31. The van der Waals surface area contributed by atoms with E-state index in [0.717, 1.165) is 0 Å². The number of rotatable bonds is 5. The van der Waals surface area contributed by atoms with Gasteiger partial charge in [-0.05, 0) is 37.1 Å². The number of benzene rings is 1. The van der Waals surface area contributed by atoms with Crippen LogP contribution in [0.15, 0.2) is 30.5 Å². The summed E-state index contributed by atoms with van der Waals surface area (Å²) < 4.78 is 55.1. The molecule has 8 nitrogen and oxygen atoms in total. The van der Waals surface area contributed by atoms with Crippen LogP contribution >= 0.6 is 0 Å². The minimum Gasteiger partial charge on any atom is -0.438 e. The number of nitrogens with one attached hydrogen (secondary N) is 1. The van der Waals surface area contributed by atoms with Gasteiger partial charge in [0.1, 0.15) is 17.1 Å². The molecule has 0 radical (unpaired) electrons. The van der Waals surface area contributed by atoms with E-state index in [1.54, 1.807) is 0 Å². The van der Waals surface area contributed by atoms with Gasteiger partial charge in [-0.2, -0.15) is 18.2 Å². The molecule has 1 fully saturated rings. The molecule has 0 spiro atoms. The maximum absolute atomic E-state index is 13.3. The summed E-state index contributed by atoms with van der Waals surface area (Å²) in [5.74, 6) is -0.414. The molecule has 1 aliphatic rings. The summed E-state index contributed by atoms with van der Waals surface area (Å²) in [6.45, 7) is 1.11. The van der Waals surface area contributed by atoms with Crippen LogP contribution in [-0.4, -0.2) is 35.3 Å². The Kier molecular flexibility index (Phi) is 5.83. The van der Waals surface area contributed by atoms with Crippen LogP contribution in [0.2, 0.25) is 0 Å². The molecule has 11 heteroatoms. The van der Waals surface area contributed by atoms with Crippen LogP contribution in [-0.2, 0) is 10.9 Å². The van der Waals surface area contributed by atoms with Crippen LogP contribution in [0.4, 0.5) is 23.9 Å². The molecule has 3 N–H and O–H groups in total. The van der Waals surface area contributed by atoms with Gasteiger partial charge in [0.25, 0.3) is 0 Å². The van der Waals surface area contributed by atoms with Crippen molar-refractivity contribution in [3.8, 4) is 17.4 Å². The number of aromatic nitrogens is 2. The van der Waals surface area contributed by atoms with Gasteiger partial charge in [-0.15, -0.1) is 0 Å². The monoisotopic (exact) mass is 398 g/mol. The smallest absolute Gasteiger partial charge is 0.423 e. The highest BCUT2D eigenvalue weighted by Gasteiger charge is 2.36. The highest BCUT2D eigenvalue weighted by atomic mass is 19.4. The number of carbonyl (C=O) groups is 1. The number of amides is 1. The lowest BCUT2D eigenvalue weighted by atomic mass is 10.1. The zero-order chi connectivity index (χ0) is 20.1. The number of hydrogen-bond donors (Lipinski definition) is 2. The second-order valence-corrected chi connectivity index (χ2v) is 5.94. The highest BCUT2D eigenvalue weighted by molar-refractivity contribution is 5.68. The number of carbonyl (C=O) groups excluding carboxylic acids is 1. The lowest BCUT2D eigenvalue weighted by molar-refractivity contribution is -0.139.